The molecule has 4 rings (SSSR count). The molecule has 0 aliphatic heterocycles. The van der Waals surface area contributed by atoms with E-state index in [1.54, 1.807) is 31.5 Å². The highest BCUT2D eigenvalue weighted by Crippen LogP contribution is 2.46. The highest BCUT2D eigenvalue weighted by Gasteiger charge is 2.23. The Labute approximate surface area is 191 Å². The second kappa shape index (κ2) is 9.18. The molecular weight excluding hydrogens is 423 g/mol. The van der Waals surface area contributed by atoms with Crippen LogP contribution in [0.25, 0.3) is 28.0 Å². The summed E-state index contributed by atoms with van der Waals surface area (Å²) in [6.45, 7) is 0.541. The van der Waals surface area contributed by atoms with E-state index in [4.69, 9.17) is 14.2 Å². The predicted octanol–water partition coefficient (Wildman–Crippen LogP) is 4.42. The largest absolute Gasteiger partial charge is 0.493 e. The molecule has 0 atom stereocenters. The molecular formula is C25H23FN4O3. The zero-order valence-electron chi connectivity index (χ0n) is 18.8. The molecule has 0 fully saturated rings. The van der Waals surface area contributed by atoms with Crippen molar-refractivity contribution < 1.29 is 18.6 Å². The van der Waals surface area contributed by atoms with E-state index >= 15 is 0 Å². The van der Waals surface area contributed by atoms with Gasteiger partial charge in [-0.1, -0.05) is 0 Å². The zero-order chi connectivity index (χ0) is 23.5. The fourth-order valence-corrected chi connectivity index (χ4v) is 4.00. The monoisotopic (exact) mass is 446 g/mol. The number of imidazole rings is 1. The first-order chi connectivity index (χ1) is 16.1. The van der Waals surface area contributed by atoms with Gasteiger partial charge in [-0.2, -0.15) is 5.26 Å². The van der Waals surface area contributed by atoms with E-state index in [-0.39, 0.29) is 5.82 Å². The highest BCUT2D eigenvalue weighted by molar-refractivity contribution is 5.87. The van der Waals surface area contributed by atoms with Crippen LogP contribution >= 0.6 is 0 Å². The summed E-state index contributed by atoms with van der Waals surface area (Å²) < 4.78 is 32.2. The fraction of sp³-hybridized carbons (Fsp3) is 0.200. The summed E-state index contributed by atoms with van der Waals surface area (Å²) >= 11 is 0. The third kappa shape index (κ3) is 3.73. The molecule has 0 saturated heterocycles. The summed E-state index contributed by atoms with van der Waals surface area (Å²) in [5.41, 5.74) is 4.55. The normalized spacial score (nSPS) is 10.8. The van der Waals surface area contributed by atoms with Gasteiger partial charge in [-0.3, -0.25) is 4.40 Å². The van der Waals surface area contributed by atoms with Crippen molar-refractivity contribution in [3.05, 3.63) is 65.7 Å². The number of nitrogens with zero attached hydrogens (tertiary/aromatic N) is 3. The summed E-state index contributed by atoms with van der Waals surface area (Å²) in [6.07, 6.45) is 1.73. The lowest BCUT2D eigenvalue weighted by Crippen LogP contribution is -2.09. The van der Waals surface area contributed by atoms with Gasteiger partial charge in [-0.15, -0.1) is 0 Å². The standard InChI is InChI=1S/C25H23FN4O3/c1-28-13-17-14-29-25-20(12-27)19(11-21(30(17)25)15-5-7-16(26)8-6-15)18-9-10-22(31-2)24(33-4)23(18)32-3/h5-11,14,28H,13H2,1-4H3. The molecule has 33 heavy (non-hydrogen) atoms. The Kier molecular flexibility index (Phi) is 6.16. The topological polar surface area (TPSA) is 80.8 Å². The summed E-state index contributed by atoms with van der Waals surface area (Å²) in [7, 11) is 6.45. The third-order valence-corrected chi connectivity index (χ3v) is 5.45. The van der Waals surface area contributed by atoms with E-state index in [1.807, 2.05) is 23.6 Å². The van der Waals surface area contributed by atoms with Crippen LogP contribution in [-0.4, -0.2) is 37.8 Å². The molecule has 7 nitrogen and oxygen atoms in total. The number of benzene rings is 2. The average Bonchev–Trinajstić information content (AvgIpc) is 3.26. The van der Waals surface area contributed by atoms with Crippen molar-refractivity contribution in [2.24, 2.45) is 0 Å². The van der Waals surface area contributed by atoms with Crippen LogP contribution in [0.3, 0.4) is 0 Å². The molecule has 0 saturated carbocycles. The molecule has 0 aliphatic rings. The van der Waals surface area contributed by atoms with Crippen LogP contribution in [-0.2, 0) is 6.54 Å². The van der Waals surface area contributed by atoms with Crippen LogP contribution in [0.5, 0.6) is 17.2 Å². The molecule has 2 heterocycles. The van der Waals surface area contributed by atoms with E-state index in [9.17, 15) is 9.65 Å². The van der Waals surface area contributed by atoms with E-state index in [0.717, 1.165) is 17.0 Å². The first-order valence-corrected chi connectivity index (χ1v) is 10.2. The number of nitriles is 1. The van der Waals surface area contributed by atoms with Crippen molar-refractivity contribution in [1.82, 2.24) is 14.7 Å². The third-order valence-electron chi connectivity index (χ3n) is 5.45. The maximum Gasteiger partial charge on any atom is 0.203 e. The van der Waals surface area contributed by atoms with Crippen molar-refractivity contribution in [2.75, 3.05) is 28.4 Å². The zero-order valence-corrected chi connectivity index (χ0v) is 18.8. The number of methoxy groups -OCH3 is 3. The van der Waals surface area contributed by atoms with Crippen LogP contribution in [0.4, 0.5) is 4.39 Å². The van der Waals surface area contributed by atoms with Gasteiger partial charge in [0.25, 0.3) is 0 Å². The van der Waals surface area contributed by atoms with Crippen LogP contribution in [0, 0.1) is 17.1 Å². The Morgan fingerprint density at radius 3 is 2.33 bits per heavy atom. The first kappa shape index (κ1) is 22.1. The molecule has 1 N–H and O–H groups in total. The molecule has 0 aliphatic carbocycles. The minimum Gasteiger partial charge on any atom is -0.493 e. The maximum atomic E-state index is 13.7. The van der Waals surface area contributed by atoms with Crippen molar-refractivity contribution in [3.63, 3.8) is 0 Å². The van der Waals surface area contributed by atoms with E-state index < -0.39 is 0 Å². The van der Waals surface area contributed by atoms with Gasteiger partial charge in [0, 0.05) is 17.7 Å². The van der Waals surface area contributed by atoms with Gasteiger partial charge in [0.2, 0.25) is 5.75 Å². The molecule has 0 bridgehead atoms. The second-order valence-electron chi connectivity index (χ2n) is 7.26. The Balaban J connectivity index is 2.11. The number of aromatic nitrogens is 2. The van der Waals surface area contributed by atoms with Gasteiger partial charge < -0.3 is 19.5 Å². The van der Waals surface area contributed by atoms with Crippen LogP contribution in [0.1, 0.15) is 11.3 Å². The van der Waals surface area contributed by atoms with Crippen LogP contribution < -0.4 is 19.5 Å². The van der Waals surface area contributed by atoms with Gasteiger partial charge in [0.1, 0.15) is 17.4 Å². The van der Waals surface area contributed by atoms with Gasteiger partial charge >= 0.3 is 0 Å². The van der Waals surface area contributed by atoms with E-state index in [0.29, 0.717) is 46.1 Å². The minimum atomic E-state index is -0.327. The van der Waals surface area contributed by atoms with E-state index in [2.05, 4.69) is 16.4 Å². The lowest BCUT2D eigenvalue weighted by atomic mass is 9.97. The SMILES string of the molecule is CNCc1cnc2c(C#N)c(-c3ccc(OC)c(OC)c3OC)cc(-c3ccc(F)cc3)n12. The Bertz CT molecular complexity index is 1360. The van der Waals surface area contributed by atoms with Crippen LogP contribution in [0.15, 0.2) is 48.7 Å². The molecule has 8 heteroatoms. The highest BCUT2D eigenvalue weighted by atomic mass is 19.1. The van der Waals surface area contributed by atoms with Gasteiger partial charge in [0.15, 0.2) is 17.1 Å². The van der Waals surface area contributed by atoms with Crippen molar-refractivity contribution >= 4 is 5.65 Å². The molecule has 0 amide bonds. The van der Waals surface area contributed by atoms with Crippen LogP contribution in [0.2, 0.25) is 0 Å². The van der Waals surface area contributed by atoms with Crippen molar-refractivity contribution in [2.45, 2.75) is 6.54 Å². The summed E-state index contributed by atoms with van der Waals surface area (Å²) in [5, 5.41) is 13.3. The minimum absolute atomic E-state index is 0.327. The Hall–Kier alpha value is -4.09. The summed E-state index contributed by atoms with van der Waals surface area (Å²) in [4.78, 5) is 4.56. The fourth-order valence-electron chi connectivity index (χ4n) is 4.00. The molecule has 4 aromatic rings. The lowest BCUT2D eigenvalue weighted by Gasteiger charge is -2.18. The average molecular weight is 446 g/mol. The number of hydrogen-bond acceptors (Lipinski definition) is 6. The number of hydrogen-bond donors (Lipinski definition) is 1. The lowest BCUT2D eigenvalue weighted by molar-refractivity contribution is 0.325. The molecule has 0 radical (unpaired) electrons. The molecule has 2 aromatic heterocycles. The van der Waals surface area contributed by atoms with Gasteiger partial charge in [-0.05, 0) is 55.1 Å². The number of pyridine rings is 1. The summed E-state index contributed by atoms with van der Waals surface area (Å²) in [6, 6.07) is 14.0. The Morgan fingerprint density at radius 2 is 1.73 bits per heavy atom. The quantitative estimate of drug-likeness (QED) is 0.453. The molecule has 0 spiro atoms. The van der Waals surface area contributed by atoms with Crippen molar-refractivity contribution in [3.8, 4) is 45.7 Å². The van der Waals surface area contributed by atoms with Gasteiger partial charge in [0.05, 0.1) is 38.9 Å². The maximum absolute atomic E-state index is 13.7. The van der Waals surface area contributed by atoms with Gasteiger partial charge in [-0.25, -0.2) is 9.37 Å². The Morgan fingerprint density at radius 1 is 1.00 bits per heavy atom. The molecule has 0 unspecified atom stereocenters. The summed E-state index contributed by atoms with van der Waals surface area (Å²) in [5.74, 6) is 1.04. The van der Waals surface area contributed by atoms with Crippen molar-refractivity contribution in [1.29, 1.82) is 5.26 Å². The molecule has 2 aromatic carbocycles. The number of ether oxygens (including phenoxy) is 3. The smallest absolute Gasteiger partial charge is 0.203 e. The first-order valence-electron chi connectivity index (χ1n) is 10.2. The van der Waals surface area contributed by atoms with E-state index in [1.165, 1.54) is 26.4 Å². The number of fused-ring (bicyclic) bond motifs is 1. The number of rotatable bonds is 7. The number of halogens is 1. The number of nitrogens with one attached hydrogen (secondary N) is 1. The second-order valence-corrected chi connectivity index (χ2v) is 7.26. The predicted molar refractivity (Wildman–Crippen MR) is 123 cm³/mol. The molecule has 168 valence electrons.